The molecule has 102 valence electrons. The SMILES string of the molecule is CC(C#CC1(O)CCOCC1)OC1CCCCO1. The average Bonchev–Trinajstić information content (AvgIpc) is 2.39. The highest BCUT2D eigenvalue weighted by molar-refractivity contribution is 5.16. The number of rotatable bonds is 2. The van der Waals surface area contributed by atoms with Crippen molar-refractivity contribution in [3.63, 3.8) is 0 Å². The van der Waals surface area contributed by atoms with Gasteiger partial charge in [-0.1, -0.05) is 11.8 Å². The zero-order valence-electron chi connectivity index (χ0n) is 11.0. The van der Waals surface area contributed by atoms with Crippen molar-refractivity contribution in [2.75, 3.05) is 19.8 Å². The summed E-state index contributed by atoms with van der Waals surface area (Å²) in [6, 6.07) is 0. The third-order valence-corrected chi connectivity index (χ3v) is 3.32. The first-order valence-corrected chi connectivity index (χ1v) is 6.78. The summed E-state index contributed by atoms with van der Waals surface area (Å²) in [5.41, 5.74) is -0.900. The Morgan fingerprint density at radius 2 is 2.06 bits per heavy atom. The lowest BCUT2D eigenvalue weighted by atomic mass is 9.95. The van der Waals surface area contributed by atoms with E-state index in [-0.39, 0.29) is 12.4 Å². The lowest BCUT2D eigenvalue weighted by Gasteiger charge is -2.27. The molecule has 2 saturated heterocycles. The van der Waals surface area contributed by atoms with Crippen molar-refractivity contribution in [3.8, 4) is 11.8 Å². The minimum absolute atomic E-state index is 0.132. The summed E-state index contributed by atoms with van der Waals surface area (Å²) in [6.07, 6.45) is 4.00. The molecule has 0 amide bonds. The molecule has 2 fully saturated rings. The predicted octanol–water partition coefficient (Wildman–Crippen LogP) is 1.46. The predicted molar refractivity (Wildman–Crippen MR) is 66.9 cm³/mol. The molecule has 2 aliphatic heterocycles. The minimum Gasteiger partial charge on any atom is -0.381 e. The number of aliphatic hydroxyl groups is 1. The van der Waals surface area contributed by atoms with Gasteiger partial charge in [-0.3, -0.25) is 0 Å². The molecule has 4 heteroatoms. The molecule has 0 aromatic carbocycles. The lowest BCUT2D eigenvalue weighted by Crippen LogP contribution is -2.35. The van der Waals surface area contributed by atoms with Gasteiger partial charge in [0.2, 0.25) is 0 Å². The van der Waals surface area contributed by atoms with Crippen LogP contribution in [0.1, 0.15) is 39.0 Å². The molecule has 18 heavy (non-hydrogen) atoms. The van der Waals surface area contributed by atoms with Gasteiger partial charge in [-0.25, -0.2) is 0 Å². The van der Waals surface area contributed by atoms with Crippen molar-refractivity contribution in [1.82, 2.24) is 0 Å². The Morgan fingerprint density at radius 1 is 1.28 bits per heavy atom. The van der Waals surface area contributed by atoms with Crippen LogP contribution in [0.4, 0.5) is 0 Å². The van der Waals surface area contributed by atoms with Gasteiger partial charge in [0.15, 0.2) is 6.29 Å². The molecule has 2 atom stereocenters. The Labute approximate surface area is 109 Å². The van der Waals surface area contributed by atoms with Crippen LogP contribution < -0.4 is 0 Å². The second kappa shape index (κ2) is 6.53. The Hall–Kier alpha value is -0.600. The smallest absolute Gasteiger partial charge is 0.159 e. The van der Waals surface area contributed by atoms with Crippen molar-refractivity contribution < 1.29 is 19.3 Å². The normalized spacial score (nSPS) is 29.1. The largest absolute Gasteiger partial charge is 0.381 e. The molecule has 2 unspecified atom stereocenters. The van der Waals surface area contributed by atoms with Gasteiger partial charge in [0.05, 0.1) is 13.2 Å². The zero-order chi connectivity index (χ0) is 12.8. The highest BCUT2D eigenvalue weighted by atomic mass is 16.7. The van der Waals surface area contributed by atoms with Gasteiger partial charge in [0, 0.05) is 19.4 Å². The van der Waals surface area contributed by atoms with Crippen LogP contribution in [0.2, 0.25) is 0 Å². The summed E-state index contributed by atoms with van der Waals surface area (Å²) in [7, 11) is 0. The number of hydrogen-bond donors (Lipinski definition) is 1. The van der Waals surface area contributed by atoms with Crippen molar-refractivity contribution in [2.45, 2.75) is 57.0 Å². The minimum atomic E-state index is -0.900. The van der Waals surface area contributed by atoms with E-state index in [2.05, 4.69) is 11.8 Å². The van der Waals surface area contributed by atoms with E-state index in [9.17, 15) is 5.11 Å². The van der Waals surface area contributed by atoms with Crippen molar-refractivity contribution in [1.29, 1.82) is 0 Å². The van der Waals surface area contributed by atoms with Gasteiger partial charge >= 0.3 is 0 Å². The molecule has 4 nitrogen and oxygen atoms in total. The fraction of sp³-hybridized carbons (Fsp3) is 0.857. The van der Waals surface area contributed by atoms with Gasteiger partial charge in [0.1, 0.15) is 11.7 Å². The number of ether oxygens (including phenoxy) is 3. The van der Waals surface area contributed by atoms with E-state index in [0.717, 1.165) is 25.9 Å². The van der Waals surface area contributed by atoms with Crippen LogP contribution >= 0.6 is 0 Å². The summed E-state index contributed by atoms with van der Waals surface area (Å²) in [4.78, 5) is 0. The summed E-state index contributed by atoms with van der Waals surface area (Å²) >= 11 is 0. The fourth-order valence-corrected chi connectivity index (χ4v) is 2.15. The summed E-state index contributed by atoms with van der Waals surface area (Å²) in [5, 5.41) is 10.2. The Kier molecular flexibility index (Phi) is 5.02. The standard InChI is InChI=1S/C14H22O4/c1-12(18-13-4-2-3-9-17-13)5-6-14(15)7-10-16-11-8-14/h12-13,15H,2-4,7-11H2,1H3. The number of hydrogen-bond acceptors (Lipinski definition) is 4. The van der Waals surface area contributed by atoms with E-state index in [0.29, 0.717) is 26.1 Å². The second-order valence-corrected chi connectivity index (χ2v) is 4.99. The van der Waals surface area contributed by atoms with Crippen molar-refractivity contribution in [2.24, 2.45) is 0 Å². The van der Waals surface area contributed by atoms with Crippen LogP contribution in [0, 0.1) is 11.8 Å². The molecule has 0 saturated carbocycles. The fourth-order valence-electron chi connectivity index (χ4n) is 2.15. The Balaban J connectivity index is 1.80. The van der Waals surface area contributed by atoms with Gasteiger partial charge in [-0.15, -0.1) is 0 Å². The van der Waals surface area contributed by atoms with Gasteiger partial charge in [-0.2, -0.15) is 0 Å². The van der Waals surface area contributed by atoms with E-state index in [1.807, 2.05) is 6.92 Å². The van der Waals surface area contributed by atoms with Crippen LogP contribution in [0.25, 0.3) is 0 Å². The molecule has 1 N–H and O–H groups in total. The Bertz CT molecular complexity index is 305. The van der Waals surface area contributed by atoms with Gasteiger partial charge in [-0.05, 0) is 26.2 Å². The maximum absolute atomic E-state index is 10.2. The molecule has 2 rings (SSSR count). The summed E-state index contributed by atoms with van der Waals surface area (Å²) < 4.78 is 16.4. The van der Waals surface area contributed by atoms with Crippen molar-refractivity contribution >= 4 is 0 Å². The molecule has 0 aliphatic carbocycles. The maximum atomic E-state index is 10.2. The van der Waals surface area contributed by atoms with Crippen LogP contribution in [-0.4, -0.2) is 42.9 Å². The summed E-state index contributed by atoms with van der Waals surface area (Å²) in [5.74, 6) is 5.91. The van der Waals surface area contributed by atoms with Gasteiger partial charge < -0.3 is 19.3 Å². The van der Waals surface area contributed by atoms with Crippen LogP contribution in [0.5, 0.6) is 0 Å². The summed E-state index contributed by atoms with van der Waals surface area (Å²) in [6.45, 7) is 3.82. The van der Waals surface area contributed by atoms with Crippen LogP contribution in [0.3, 0.4) is 0 Å². The van der Waals surface area contributed by atoms with E-state index in [4.69, 9.17) is 14.2 Å². The monoisotopic (exact) mass is 254 g/mol. The average molecular weight is 254 g/mol. The topological polar surface area (TPSA) is 47.9 Å². The molecule has 0 aromatic heterocycles. The van der Waals surface area contributed by atoms with Crippen molar-refractivity contribution in [3.05, 3.63) is 0 Å². The maximum Gasteiger partial charge on any atom is 0.159 e. The first-order chi connectivity index (χ1) is 8.68. The van der Waals surface area contributed by atoms with Gasteiger partial charge in [0.25, 0.3) is 0 Å². The third-order valence-electron chi connectivity index (χ3n) is 3.32. The quantitative estimate of drug-likeness (QED) is 0.758. The molecule has 0 bridgehead atoms. The third kappa shape index (κ3) is 4.25. The highest BCUT2D eigenvalue weighted by Gasteiger charge is 2.27. The molecule has 0 radical (unpaired) electrons. The first kappa shape index (κ1) is 13.8. The second-order valence-electron chi connectivity index (χ2n) is 4.99. The van der Waals surface area contributed by atoms with E-state index >= 15 is 0 Å². The molecule has 2 aliphatic rings. The first-order valence-electron chi connectivity index (χ1n) is 6.78. The zero-order valence-corrected chi connectivity index (χ0v) is 11.0. The molecule has 0 aromatic rings. The highest BCUT2D eigenvalue weighted by Crippen LogP contribution is 2.19. The van der Waals surface area contributed by atoms with E-state index in [1.165, 1.54) is 0 Å². The lowest BCUT2D eigenvalue weighted by molar-refractivity contribution is -0.173. The van der Waals surface area contributed by atoms with Crippen LogP contribution in [-0.2, 0) is 14.2 Å². The Morgan fingerprint density at radius 3 is 2.72 bits per heavy atom. The van der Waals surface area contributed by atoms with E-state index < -0.39 is 5.60 Å². The van der Waals surface area contributed by atoms with E-state index in [1.54, 1.807) is 0 Å². The molecule has 0 spiro atoms. The molecule has 2 heterocycles. The molecular weight excluding hydrogens is 232 g/mol. The van der Waals surface area contributed by atoms with Crippen LogP contribution in [0.15, 0.2) is 0 Å². The molecular formula is C14H22O4.